The molecule has 0 radical (unpaired) electrons. The summed E-state index contributed by atoms with van der Waals surface area (Å²) in [6, 6.07) is 2.08. The average molecular weight is 250 g/mol. The lowest BCUT2D eigenvalue weighted by atomic mass is 9.96. The second-order valence-electron chi connectivity index (χ2n) is 5.50. The highest BCUT2D eigenvalue weighted by Gasteiger charge is 2.14. The zero-order valence-corrected chi connectivity index (χ0v) is 12.0. The SMILES string of the molecule is CN(Cc1sccc1C#CCN)CC(C)(C)C. The maximum atomic E-state index is 5.40. The van der Waals surface area contributed by atoms with Gasteiger partial charge in [-0.1, -0.05) is 32.6 Å². The van der Waals surface area contributed by atoms with Crippen LogP contribution in [-0.4, -0.2) is 25.0 Å². The Morgan fingerprint density at radius 2 is 2.12 bits per heavy atom. The first-order chi connectivity index (χ1) is 7.92. The van der Waals surface area contributed by atoms with Gasteiger partial charge < -0.3 is 10.6 Å². The maximum absolute atomic E-state index is 5.40. The zero-order chi connectivity index (χ0) is 12.9. The third-order valence-electron chi connectivity index (χ3n) is 2.23. The van der Waals surface area contributed by atoms with Crippen LogP contribution in [0.3, 0.4) is 0 Å². The highest BCUT2D eigenvalue weighted by atomic mass is 32.1. The van der Waals surface area contributed by atoms with E-state index in [0.717, 1.165) is 18.7 Å². The fraction of sp³-hybridized carbons (Fsp3) is 0.571. The Labute approximate surface area is 109 Å². The molecule has 0 atom stereocenters. The minimum absolute atomic E-state index is 0.328. The van der Waals surface area contributed by atoms with Crippen LogP contribution in [0.15, 0.2) is 11.4 Å². The molecule has 1 aromatic heterocycles. The summed E-state index contributed by atoms with van der Waals surface area (Å²) in [6.07, 6.45) is 0. The Balaban J connectivity index is 2.65. The van der Waals surface area contributed by atoms with E-state index in [9.17, 15) is 0 Å². The highest BCUT2D eigenvalue weighted by molar-refractivity contribution is 7.10. The lowest BCUT2D eigenvalue weighted by Gasteiger charge is -2.26. The van der Waals surface area contributed by atoms with Gasteiger partial charge in [-0.3, -0.25) is 0 Å². The van der Waals surface area contributed by atoms with E-state index in [4.69, 9.17) is 5.73 Å². The molecule has 0 unspecified atom stereocenters. The topological polar surface area (TPSA) is 29.3 Å². The number of hydrogen-bond donors (Lipinski definition) is 1. The Kier molecular flexibility index (Phi) is 5.20. The van der Waals surface area contributed by atoms with Gasteiger partial charge in [-0.05, 0) is 23.9 Å². The van der Waals surface area contributed by atoms with Gasteiger partial charge in [0.25, 0.3) is 0 Å². The van der Waals surface area contributed by atoms with Gasteiger partial charge in [0.05, 0.1) is 6.54 Å². The molecule has 0 saturated heterocycles. The molecule has 1 heterocycles. The number of nitrogens with two attached hydrogens (primary N) is 1. The van der Waals surface area contributed by atoms with Gasteiger partial charge in [-0.15, -0.1) is 11.3 Å². The standard InChI is InChI=1S/C14H22N2S/c1-14(2,3)11-16(4)10-13-12(6-5-8-15)7-9-17-13/h7,9H,8,10-11,15H2,1-4H3. The third-order valence-corrected chi connectivity index (χ3v) is 3.13. The van der Waals surface area contributed by atoms with E-state index >= 15 is 0 Å². The lowest BCUT2D eigenvalue weighted by Crippen LogP contribution is -2.28. The quantitative estimate of drug-likeness (QED) is 0.835. The molecule has 0 aliphatic carbocycles. The predicted molar refractivity (Wildman–Crippen MR) is 76.0 cm³/mol. The van der Waals surface area contributed by atoms with E-state index < -0.39 is 0 Å². The van der Waals surface area contributed by atoms with Gasteiger partial charge in [0, 0.05) is 23.5 Å². The summed E-state index contributed by atoms with van der Waals surface area (Å²) in [4.78, 5) is 3.68. The van der Waals surface area contributed by atoms with Crippen molar-refractivity contribution in [2.75, 3.05) is 20.1 Å². The molecule has 0 aliphatic rings. The number of thiophene rings is 1. The first-order valence-electron chi connectivity index (χ1n) is 5.86. The van der Waals surface area contributed by atoms with E-state index in [1.54, 1.807) is 11.3 Å². The van der Waals surface area contributed by atoms with Crippen LogP contribution >= 0.6 is 11.3 Å². The molecule has 0 fully saturated rings. The molecule has 0 aromatic carbocycles. The van der Waals surface area contributed by atoms with E-state index in [2.05, 4.69) is 56.0 Å². The van der Waals surface area contributed by atoms with E-state index in [-0.39, 0.29) is 0 Å². The molecule has 1 rings (SSSR count). The molecule has 0 spiro atoms. The number of rotatable bonds is 3. The summed E-state index contributed by atoms with van der Waals surface area (Å²) in [7, 11) is 2.16. The largest absolute Gasteiger partial charge is 0.320 e. The summed E-state index contributed by atoms with van der Waals surface area (Å²) < 4.78 is 0. The summed E-state index contributed by atoms with van der Waals surface area (Å²) in [6.45, 7) is 9.23. The fourth-order valence-electron chi connectivity index (χ4n) is 1.83. The summed E-state index contributed by atoms with van der Waals surface area (Å²) in [5, 5.41) is 2.10. The van der Waals surface area contributed by atoms with Crippen LogP contribution in [0, 0.1) is 17.3 Å². The predicted octanol–water partition coefficient (Wildman–Crippen LogP) is 2.54. The van der Waals surface area contributed by atoms with Crippen LogP contribution in [0.2, 0.25) is 0 Å². The van der Waals surface area contributed by atoms with Gasteiger partial charge in [0.1, 0.15) is 0 Å². The maximum Gasteiger partial charge on any atom is 0.0555 e. The van der Waals surface area contributed by atoms with Crippen molar-refractivity contribution in [3.8, 4) is 11.8 Å². The van der Waals surface area contributed by atoms with Gasteiger partial charge in [0.15, 0.2) is 0 Å². The van der Waals surface area contributed by atoms with Gasteiger partial charge in [-0.2, -0.15) is 0 Å². The Hall–Kier alpha value is -0.820. The van der Waals surface area contributed by atoms with Crippen LogP contribution in [0.25, 0.3) is 0 Å². The average Bonchev–Trinajstić information content (AvgIpc) is 2.59. The molecule has 94 valence electrons. The molecule has 2 N–H and O–H groups in total. The van der Waals surface area contributed by atoms with E-state index in [0.29, 0.717) is 12.0 Å². The van der Waals surface area contributed by atoms with Crippen molar-refractivity contribution in [2.24, 2.45) is 11.1 Å². The van der Waals surface area contributed by atoms with Gasteiger partial charge in [0.2, 0.25) is 0 Å². The molecule has 0 saturated carbocycles. The Morgan fingerprint density at radius 3 is 2.71 bits per heavy atom. The van der Waals surface area contributed by atoms with Crippen LogP contribution in [-0.2, 0) is 6.54 Å². The summed E-state index contributed by atoms with van der Waals surface area (Å²) in [5.41, 5.74) is 6.85. The molecule has 0 bridgehead atoms. The van der Waals surface area contributed by atoms with Crippen molar-refractivity contribution in [3.63, 3.8) is 0 Å². The van der Waals surface area contributed by atoms with Gasteiger partial charge >= 0.3 is 0 Å². The lowest BCUT2D eigenvalue weighted by molar-refractivity contribution is 0.222. The van der Waals surface area contributed by atoms with Gasteiger partial charge in [-0.25, -0.2) is 0 Å². The zero-order valence-electron chi connectivity index (χ0n) is 11.2. The van der Waals surface area contributed by atoms with Crippen LogP contribution in [0.5, 0.6) is 0 Å². The molecule has 0 amide bonds. The second kappa shape index (κ2) is 6.20. The Bertz CT molecular complexity index is 404. The van der Waals surface area contributed by atoms with Crippen molar-refractivity contribution in [1.82, 2.24) is 4.90 Å². The Morgan fingerprint density at radius 1 is 1.41 bits per heavy atom. The van der Waals surface area contributed by atoms with E-state index in [1.165, 1.54) is 4.88 Å². The molecule has 17 heavy (non-hydrogen) atoms. The second-order valence-corrected chi connectivity index (χ2v) is 6.50. The molecule has 1 aromatic rings. The van der Waals surface area contributed by atoms with Crippen molar-refractivity contribution in [2.45, 2.75) is 27.3 Å². The monoisotopic (exact) mass is 250 g/mol. The number of hydrogen-bond acceptors (Lipinski definition) is 3. The van der Waals surface area contributed by atoms with E-state index in [1.807, 2.05) is 0 Å². The van der Waals surface area contributed by atoms with Crippen molar-refractivity contribution >= 4 is 11.3 Å². The normalized spacial score (nSPS) is 11.4. The fourth-order valence-corrected chi connectivity index (χ4v) is 2.74. The smallest absolute Gasteiger partial charge is 0.0555 e. The summed E-state index contributed by atoms with van der Waals surface area (Å²) in [5.74, 6) is 6.05. The van der Waals surface area contributed by atoms with Crippen molar-refractivity contribution < 1.29 is 0 Å². The molecule has 2 nitrogen and oxygen atoms in total. The van der Waals surface area contributed by atoms with Crippen molar-refractivity contribution in [3.05, 3.63) is 21.9 Å². The van der Waals surface area contributed by atoms with Crippen LogP contribution in [0.1, 0.15) is 31.2 Å². The highest BCUT2D eigenvalue weighted by Crippen LogP contribution is 2.20. The number of nitrogens with zero attached hydrogens (tertiary/aromatic N) is 1. The van der Waals surface area contributed by atoms with Crippen LogP contribution < -0.4 is 5.73 Å². The molecular formula is C14H22N2S. The first kappa shape index (κ1) is 14.2. The van der Waals surface area contributed by atoms with Crippen LogP contribution in [0.4, 0.5) is 0 Å². The summed E-state index contributed by atoms with van der Waals surface area (Å²) >= 11 is 1.77. The third kappa shape index (κ3) is 5.36. The molecule has 0 aliphatic heterocycles. The minimum Gasteiger partial charge on any atom is -0.320 e. The first-order valence-corrected chi connectivity index (χ1v) is 6.74. The van der Waals surface area contributed by atoms with Crippen molar-refractivity contribution in [1.29, 1.82) is 0 Å². The molecule has 3 heteroatoms. The minimum atomic E-state index is 0.328. The molecular weight excluding hydrogens is 228 g/mol.